The van der Waals surface area contributed by atoms with Gasteiger partial charge in [0, 0.05) is 11.4 Å². The lowest BCUT2D eigenvalue weighted by Gasteiger charge is -2.10. The Bertz CT molecular complexity index is 647. The molecule has 0 saturated heterocycles. The number of halogens is 1. The van der Waals surface area contributed by atoms with Crippen LogP contribution < -0.4 is 11.0 Å². The summed E-state index contributed by atoms with van der Waals surface area (Å²) >= 11 is 5.82. The maximum atomic E-state index is 11.8. The molecular weight excluding hydrogens is 292 g/mol. The van der Waals surface area contributed by atoms with Gasteiger partial charge in [-0.3, -0.25) is 9.78 Å². The van der Waals surface area contributed by atoms with Gasteiger partial charge in [0.2, 0.25) is 5.91 Å². The molecular formula is C14H17ClN4O2. The van der Waals surface area contributed by atoms with Crippen LogP contribution in [-0.2, 0) is 11.2 Å². The summed E-state index contributed by atoms with van der Waals surface area (Å²) in [5.74, 6) is 0.353. The first kappa shape index (κ1) is 15.3. The minimum atomic E-state index is -0.381. The molecule has 0 saturated carbocycles. The highest BCUT2D eigenvalue weighted by Crippen LogP contribution is 2.12. The summed E-state index contributed by atoms with van der Waals surface area (Å²) in [6.45, 7) is 1.77. The lowest BCUT2D eigenvalue weighted by atomic mass is 10.1. The summed E-state index contributed by atoms with van der Waals surface area (Å²) in [7, 11) is 0. The first-order valence-corrected chi connectivity index (χ1v) is 7.11. The van der Waals surface area contributed by atoms with Crippen LogP contribution in [0.2, 0.25) is 5.02 Å². The molecule has 1 atom stereocenters. The SMILES string of the molecule is C[C@@H](NC(=O)CCCc1ccc(Cl)cc1)c1n[nH]c(=O)[nH]1. The van der Waals surface area contributed by atoms with Crippen LogP contribution >= 0.6 is 11.6 Å². The van der Waals surface area contributed by atoms with Crippen molar-refractivity contribution in [3.05, 3.63) is 51.2 Å². The average molecular weight is 309 g/mol. The van der Waals surface area contributed by atoms with Crippen molar-refractivity contribution < 1.29 is 4.79 Å². The van der Waals surface area contributed by atoms with Crippen LogP contribution in [0.25, 0.3) is 0 Å². The standard InChI is InChI=1S/C14H17ClN4O2/c1-9(13-17-14(21)19-18-13)16-12(20)4-2-3-10-5-7-11(15)8-6-10/h5-9H,2-4H2,1H3,(H,16,20)(H2,17,18,19,21)/t9-/m1/s1. The predicted molar refractivity (Wildman–Crippen MR) is 80.2 cm³/mol. The van der Waals surface area contributed by atoms with Crippen molar-refractivity contribution in [1.82, 2.24) is 20.5 Å². The fraction of sp³-hybridized carbons (Fsp3) is 0.357. The Morgan fingerprint density at radius 1 is 1.38 bits per heavy atom. The number of nitrogens with zero attached hydrogens (tertiary/aromatic N) is 1. The Balaban J connectivity index is 1.74. The van der Waals surface area contributed by atoms with Crippen LogP contribution in [0.15, 0.2) is 29.1 Å². The van der Waals surface area contributed by atoms with Gasteiger partial charge in [-0.2, -0.15) is 5.10 Å². The molecule has 1 heterocycles. The van der Waals surface area contributed by atoms with Crippen molar-refractivity contribution in [2.45, 2.75) is 32.2 Å². The monoisotopic (exact) mass is 308 g/mol. The van der Waals surface area contributed by atoms with Crippen LogP contribution in [0.5, 0.6) is 0 Å². The molecule has 2 aromatic rings. The third kappa shape index (κ3) is 4.75. The number of carbonyl (C=O) groups excluding carboxylic acids is 1. The Hall–Kier alpha value is -2.08. The Morgan fingerprint density at radius 2 is 2.10 bits per heavy atom. The largest absolute Gasteiger partial charge is 0.346 e. The van der Waals surface area contributed by atoms with Crippen molar-refractivity contribution in [2.24, 2.45) is 0 Å². The van der Waals surface area contributed by atoms with Crippen LogP contribution in [0.1, 0.15) is 37.2 Å². The van der Waals surface area contributed by atoms with E-state index in [0.29, 0.717) is 17.3 Å². The van der Waals surface area contributed by atoms with Gasteiger partial charge in [0.05, 0.1) is 6.04 Å². The average Bonchev–Trinajstić information content (AvgIpc) is 2.88. The summed E-state index contributed by atoms with van der Waals surface area (Å²) in [6, 6.07) is 7.26. The molecule has 1 aromatic heterocycles. The van der Waals surface area contributed by atoms with Gasteiger partial charge in [-0.15, -0.1) is 0 Å². The van der Waals surface area contributed by atoms with E-state index in [1.54, 1.807) is 6.92 Å². The molecule has 0 spiro atoms. The fourth-order valence-corrected chi connectivity index (χ4v) is 2.10. The van der Waals surface area contributed by atoms with E-state index in [-0.39, 0.29) is 17.6 Å². The van der Waals surface area contributed by atoms with E-state index in [0.717, 1.165) is 18.4 Å². The van der Waals surface area contributed by atoms with Gasteiger partial charge in [-0.25, -0.2) is 9.89 Å². The summed E-state index contributed by atoms with van der Waals surface area (Å²) in [5.41, 5.74) is 0.769. The van der Waals surface area contributed by atoms with Crippen LogP contribution in [-0.4, -0.2) is 21.1 Å². The second-order valence-electron chi connectivity index (χ2n) is 4.83. The predicted octanol–water partition coefficient (Wildman–Crippen LogP) is 1.95. The lowest BCUT2D eigenvalue weighted by Crippen LogP contribution is -2.27. The molecule has 21 heavy (non-hydrogen) atoms. The van der Waals surface area contributed by atoms with Crippen molar-refractivity contribution in [1.29, 1.82) is 0 Å². The highest BCUT2D eigenvalue weighted by molar-refractivity contribution is 6.30. The molecule has 1 amide bonds. The first-order chi connectivity index (χ1) is 10.0. The molecule has 0 radical (unpaired) electrons. The third-order valence-corrected chi connectivity index (χ3v) is 3.34. The Kier molecular flexibility index (Phi) is 5.16. The van der Waals surface area contributed by atoms with Gasteiger partial charge < -0.3 is 5.32 Å². The molecule has 0 aliphatic carbocycles. The molecule has 6 nitrogen and oxygen atoms in total. The zero-order chi connectivity index (χ0) is 15.2. The highest BCUT2D eigenvalue weighted by Gasteiger charge is 2.12. The van der Waals surface area contributed by atoms with E-state index in [1.807, 2.05) is 24.3 Å². The summed E-state index contributed by atoms with van der Waals surface area (Å²) in [5, 5.41) is 9.55. The quantitative estimate of drug-likeness (QED) is 0.762. The molecule has 0 aliphatic rings. The van der Waals surface area contributed by atoms with Gasteiger partial charge in [0.1, 0.15) is 0 Å². The van der Waals surface area contributed by atoms with Crippen LogP contribution in [0, 0.1) is 0 Å². The molecule has 112 valence electrons. The molecule has 0 bridgehead atoms. The van der Waals surface area contributed by atoms with E-state index in [9.17, 15) is 9.59 Å². The van der Waals surface area contributed by atoms with Crippen LogP contribution in [0.4, 0.5) is 0 Å². The topological polar surface area (TPSA) is 90.6 Å². The van der Waals surface area contributed by atoms with E-state index < -0.39 is 0 Å². The summed E-state index contributed by atoms with van der Waals surface area (Å²) < 4.78 is 0. The van der Waals surface area contributed by atoms with E-state index >= 15 is 0 Å². The smallest absolute Gasteiger partial charge is 0.340 e. The van der Waals surface area contributed by atoms with Gasteiger partial charge in [-0.1, -0.05) is 23.7 Å². The van der Waals surface area contributed by atoms with Crippen molar-refractivity contribution in [3.8, 4) is 0 Å². The van der Waals surface area contributed by atoms with Crippen molar-refractivity contribution >= 4 is 17.5 Å². The van der Waals surface area contributed by atoms with Crippen molar-refractivity contribution in [2.75, 3.05) is 0 Å². The van der Waals surface area contributed by atoms with Crippen molar-refractivity contribution in [3.63, 3.8) is 0 Å². The number of hydrogen-bond donors (Lipinski definition) is 3. The van der Waals surface area contributed by atoms with Gasteiger partial charge in [0.25, 0.3) is 0 Å². The summed E-state index contributed by atoms with van der Waals surface area (Å²) in [6.07, 6.45) is 1.98. The second kappa shape index (κ2) is 7.08. The third-order valence-electron chi connectivity index (χ3n) is 3.09. The van der Waals surface area contributed by atoms with Crippen LogP contribution in [0.3, 0.4) is 0 Å². The van der Waals surface area contributed by atoms with Gasteiger partial charge in [0.15, 0.2) is 5.82 Å². The van der Waals surface area contributed by atoms with E-state index in [2.05, 4.69) is 20.5 Å². The Morgan fingerprint density at radius 3 is 2.71 bits per heavy atom. The number of amides is 1. The maximum Gasteiger partial charge on any atom is 0.340 e. The normalized spacial score (nSPS) is 12.1. The number of aryl methyl sites for hydroxylation is 1. The molecule has 0 fully saturated rings. The zero-order valence-corrected chi connectivity index (χ0v) is 12.4. The maximum absolute atomic E-state index is 11.8. The molecule has 3 N–H and O–H groups in total. The number of benzene rings is 1. The number of aromatic amines is 2. The van der Waals surface area contributed by atoms with Gasteiger partial charge in [-0.05, 0) is 37.5 Å². The number of rotatable bonds is 6. The number of nitrogens with one attached hydrogen (secondary N) is 3. The second-order valence-corrected chi connectivity index (χ2v) is 5.27. The minimum Gasteiger partial charge on any atom is -0.346 e. The Labute approximate surface area is 126 Å². The molecule has 0 aliphatic heterocycles. The molecule has 1 aromatic carbocycles. The summed E-state index contributed by atoms with van der Waals surface area (Å²) in [4.78, 5) is 25.3. The first-order valence-electron chi connectivity index (χ1n) is 6.73. The molecule has 7 heteroatoms. The number of carbonyl (C=O) groups is 1. The molecule has 2 rings (SSSR count). The lowest BCUT2D eigenvalue weighted by molar-refractivity contribution is -0.121. The fourth-order valence-electron chi connectivity index (χ4n) is 1.97. The molecule has 0 unspecified atom stereocenters. The minimum absolute atomic E-state index is 0.0692. The van der Waals surface area contributed by atoms with Gasteiger partial charge >= 0.3 is 5.69 Å². The van der Waals surface area contributed by atoms with E-state index in [4.69, 9.17) is 11.6 Å². The van der Waals surface area contributed by atoms with E-state index in [1.165, 1.54) is 0 Å². The number of H-pyrrole nitrogens is 2. The zero-order valence-electron chi connectivity index (χ0n) is 11.6. The highest BCUT2D eigenvalue weighted by atomic mass is 35.5. The number of aromatic nitrogens is 3. The number of hydrogen-bond acceptors (Lipinski definition) is 3.